The molecular weight excluding hydrogens is 150 g/mol. The SMILES string of the molecule is Cc1ccoc1CCCN(C)C. The van der Waals surface area contributed by atoms with Crippen molar-refractivity contribution in [2.24, 2.45) is 0 Å². The lowest BCUT2D eigenvalue weighted by Gasteiger charge is -2.07. The Kier molecular flexibility index (Phi) is 3.35. The van der Waals surface area contributed by atoms with E-state index in [1.807, 2.05) is 6.07 Å². The van der Waals surface area contributed by atoms with Gasteiger partial charge in [0.05, 0.1) is 6.26 Å². The average Bonchev–Trinajstić information content (AvgIpc) is 2.36. The molecule has 0 saturated heterocycles. The Bertz CT molecular complexity index is 227. The van der Waals surface area contributed by atoms with Crippen LogP contribution in [0.1, 0.15) is 17.7 Å². The number of aryl methyl sites for hydroxylation is 2. The molecule has 0 unspecified atom stereocenters. The molecule has 2 heteroatoms. The number of hydrogen-bond acceptors (Lipinski definition) is 2. The highest BCUT2D eigenvalue weighted by atomic mass is 16.3. The van der Waals surface area contributed by atoms with E-state index < -0.39 is 0 Å². The molecule has 1 rings (SSSR count). The van der Waals surface area contributed by atoms with Crippen LogP contribution in [0.5, 0.6) is 0 Å². The summed E-state index contributed by atoms with van der Waals surface area (Å²) < 4.78 is 5.33. The highest BCUT2D eigenvalue weighted by Gasteiger charge is 2.00. The lowest BCUT2D eigenvalue weighted by Crippen LogP contribution is -2.13. The maximum absolute atomic E-state index is 5.33. The molecule has 0 aliphatic heterocycles. The molecular formula is C10H17NO. The van der Waals surface area contributed by atoms with Crippen molar-refractivity contribution in [3.05, 3.63) is 23.7 Å². The van der Waals surface area contributed by atoms with Crippen LogP contribution in [-0.2, 0) is 6.42 Å². The van der Waals surface area contributed by atoms with E-state index in [1.165, 1.54) is 12.0 Å². The van der Waals surface area contributed by atoms with Gasteiger partial charge in [-0.15, -0.1) is 0 Å². The minimum Gasteiger partial charge on any atom is -0.469 e. The Morgan fingerprint density at radius 2 is 2.17 bits per heavy atom. The molecule has 0 amide bonds. The molecule has 1 aromatic heterocycles. The Morgan fingerprint density at radius 3 is 2.67 bits per heavy atom. The topological polar surface area (TPSA) is 16.4 Å². The average molecular weight is 167 g/mol. The fourth-order valence-corrected chi connectivity index (χ4v) is 1.22. The van der Waals surface area contributed by atoms with Crippen molar-refractivity contribution in [2.45, 2.75) is 19.8 Å². The zero-order valence-corrected chi connectivity index (χ0v) is 8.13. The van der Waals surface area contributed by atoms with Gasteiger partial charge >= 0.3 is 0 Å². The summed E-state index contributed by atoms with van der Waals surface area (Å²) in [6, 6.07) is 2.02. The quantitative estimate of drug-likeness (QED) is 0.682. The van der Waals surface area contributed by atoms with Crippen molar-refractivity contribution in [1.29, 1.82) is 0 Å². The Morgan fingerprint density at radius 1 is 1.42 bits per heavy atom. The second-order valence-corrected chi connectivity index (χ2v) is 3.43. The third-order valence-corrected chi connectivity index (χ3v) is 1.98. The monoisotopic (exact) mass is 167 g/mol. The number of hydrogen-bond donors (Lipinski definition) is 0. The molecule has 0 N–H and O–H groups in total. The summed E-state index contributed by atoms with van der Waals surface area (Å²) in [6.07, 6.45) is 3.98. The summed E-state index contributed by atoms with van der Waals surface area (Å²) in [5.41, 5.74) is 1.27. The lowest BCUT2D eigenvalue weighted by atomic mass is 10.2. The van der Waals surface area contributed by atoms with Crippen LogP contribution in [0.4, 0.5) is 0 Å². The summed E-state index contributed by atoms with van der Waals surface area (Å²) >= 11 is 0. The van der Waals surface area contributed by atoms with Crippen LogP contribution < -0.4 is 0 Å². The third kappa shape index (κ3) is 2.70. The van der Waals surface area contributed by atoms with Crippen molar-refractivity contribution >= 4 is 0 Å². The van der Waals surface area contributed by atoms with Gasteiger partial charge in [0.2, 0.25) is 0 Å². The third-order valence-electron chi connectivity index (χ3n) is 1.98. The first-order chi connectivity index (χ1) is 5.70. The molecule has 0 fully saturated rings. The first-order valence-corrected chi connectivity index (χ1v) is 4.38. The first kappa shape index (κ1) is 9.33. The van der Waals surface area contributed by atoms with E-state index in [2.05, 4.69) is 25.9 Å². The molecule has 0 atom stereocenters. The molecule has 0 spiro atoms. The van der Waals surface area contributed by atoms with E-state index in [-0.39, 0.29) is 0 Å². The Labute approximate surface area is 74.2 Å². The molecule has 0 saturated carbocycles. The van der Waals surface area contributed by atoms with Gasteiger partial charge in [-0.05, 0) is 45.6 Å². The molecule has 1 aromatic rings. The van der Waals surface area contributed by atoms with Crippen LogP contribution in [-0.4, -0.2) is 25.5 Å². The first-order valence-electron chi connectivity index (χ1n) is 4.38. The van der Waals surface area contributed by atoms with E-state index in [1.54, 1.807) is 6.26 Å². The van der Waals surface area contributed by atoms with Crippen molar-refractivity contribution in [3.8, 4) is 0 Å². The molecule has 0 bridgehead atoms. The van der Waals surface area contributed by atoms with Crippen molar-refractivity contribution < 1.29 is 4.42 Å². The van der Waals surface area contributed by atoms with Crippen LogP contribution in [0.25, 0.3) is 0 Å². The zero-order chi connectivity index (χ0) is 8.97. The highest BCUT2D eigenvalue weighted by molar-refractivity contribution is 5.14. The zero-order valence-electron chi connectivity index (χ0n) is 8.13. The summed E-state index contributed by atoms with van der Waals surface area (Å²) in [7, 11) is 4.18. The fourth-order valence-electron chi connectivity index (χ4n) is 1.22. The second kappa shape index (κ2) is 4.31. The molecule has 0 aromatic carbocycles. The van der Waals surface area contributed by atoms with Gasteiger partial charge in [0.1, 0.15) is 5.76 Å². The van der Waals surface area contributed by atoms with Crippen LogP contribution in [0, 0.1) is 6.92 Å². The molecule has 2 nitrogen and oxygen atoms in total. The molecule has 1 heterocycles. The van der Waals surface area contributed by atoms with E-state index in [4.69, 9.17) is 4.42 Å². The van der Waals surface area contributed by atoms with Crippen molar-refractivity contribution in [1.82, 2.24) is 4.90 Å². The van der Waals surface area contributed by atoms with Gasteiger partial charge in [-0.2, -0.15) is 0 Å². The standard InChI is InChI=1S/C10H17NO/c1-9-6-8-12-10(9)5-4-7-11(2)3/h6,8H,4-5,7H2,1-3H3. The van der Waals surface area contributed by atoms with Gasteiger partial charge in [-0.3, -0.25) is 0 Å². The normalized spacial score (nSPS) is 11.0. The maximum Gasteiger partial charge on any atom is 0.106 e. The minimum atomic E-state index is 1.05. The van der Waals surface area contributed by atoms with Crippen molar-refractivity contribution in [2.75, 3.05) is 20.6 Å². The molecule has 12 heavy (non-hydrogen) atoms. The van der Waals surface area contributed by atoms with E-state index in [0.717, 1.165) is 18.7 Å². The lowest BCUT2D eigenvalue weighted by molar-refractivity contribution is 0.389. The Balaban J connectivity index is 2.29. The summed E-state index contributed by atoms with van der Waals surface area (Å²) in [4.78, 5) is 2.19. The highest BCUT2D eigenvalue weighted by Crippen LogP contribution is 2.10. The molecule has 0 aliphatic rings. The van der Waals surface area contributed by atoms with Crippen molar-refractivity contribution in [3.63, 3.8) is 0 Å². The van der Waals surface area contributed by atoms with Gasteiger partial charge in [-0.1, -0.05) is 0 Å². The number of rotatable bonds is 4. The predicted molar refractivity (Wildman–Crippen MR) is 50.3 cm³/mol. The van der Waals surface area contributed by atoms with Gasteiger partial charge < -0.3 is 9.32 Å². The van der Waals surface area contributed by atoms with Crippen LogP contribution in [0.2, 0.25) is 0 Å². The number of furan rings is 1. The Hall–Kier alpha value is -0.760. The van der Waals surface area contributed by atoms with Gasteiger partial charge in [0.15, 0.2) is 0 Å². The summed E-state index contributed by atoms with van der Waals surface area (Å²) in [6.45, 7) is 3.22. The van der Waals surface area contributed by atoms with E-state index >= 15 is 0 Å². The number of nitrogens with zero attached hydrogens (tertiary/aromatic N) is 1. The largest absolute Gasteiger partial charge is 0.469 e. The maximum atomic E-state index is 5.33. The molecule has 68 valence electrons. The molecule has 0 aliphatic carbocycles. The fraction of sp³-hybridized carbons (Fsp3) is 0.600. The predicted octanol–water partition coefficient (Wildman–Crippen LogP) is 2.08. The summed E-state index contributed by atoms with van der Waals surface area (Å²) in [5, 5.41) is 0. The van der Waals surface area contributed by atoms with E-state index in [0.29, 0.717) is 0 Å². The van der Waals surface area contributed by atoms with Crippen LogP contribution in [0.3, 0.4) is 0 Å². The van der Waals surface area contributed by atoms with E-state index in [9.17, 15) is 0 Å². The van der Waals surface area contributed by atoms with Gasteiger partial charge in [0.25, 0.3) is 0 Å². The minimum absolute atomic E-state index is 1.05. The summed E-state index contributed by atoms with van der Waals surface area (Å²) in [5.74, 6) is 1.14. The van der Waals surface area contributed by atoms with Crippen LogP contribution >= 0.6 is 0 Å². The molecule has 0 radical (unpaired) electrons. The second-order valence-electron chi connectivity index (χ2n) is 3.43. The smallest absolute Gasteiger partial charge is 0.106 e. The van der Waals surface area contributed by atoms with Crippen LogP contribution in [0.15, 0.2) is 16.7 Å². The van der Waals surface area contributed by atoms with Gasteiger partial charge in [0, 0.05) is 6.42 Å². The van der Waals surface area contributed by atoms with Gasteiger partial charge in [-0.25, -0.2) is 0 Å².